The van der Waals surface area contributed by atoms with E-state index in [1.165, 1.54) is 6.26 Å². The topological polar surface area (TPSA) is 73.0 Å². The molecule has 1 aliphatic rings. The zero-order chi connectivity index (χ0) is 12.4. The molecule has 3 heterocycles. The lowest BCUT2D eigenvalue weighted by atomic mass is 10.2. The number of nitrogens with zero attached hydrogens (tertiary/aromatic N) is 3. The molecule has 18 heavy (non-hydrogen) atoms. The van der Waals surface area contributed by atoms with Crippen LogP contribution in [0.5, 0.6) is 0 Å². The maximum Gasteiger partial charge on any atom is 0.287 e. The zero-order valence-corrected chi connectivity index (χ0v) is 9.93. The van der Waals surface area contributed by atoms with Crippen LogP contribution >= 0.6 is 0 Å². The molecule has 94 valence electrons. The standard InChI is InChI=1S/C12H14N4O2/c17-12(9-4-3-7-18-9)13-8-11-15-14-10-5-1-2-6-16(10)11/h3-4,7H,1-2,5-6,8H2,(H,13,17). The van der Waals surface area contributed by atoms with Crippen molar-refractivity contribution in [3.05, 3.63) is 35.8 Å². The Balaban J connectivity index is 1.67. The number of furan rings is 1. The molecule has 0 atom stereocenters. The van der Waals surface area contributed by atoms with Crippen molar-refractivity contribution in [2.45, 2.75) is 32.4 Å². The van der Waals surface area contributed by atoms with Gasteiger partial charge in [-0.25, -0.2) is 0 Å². The third-order valence-corrected chi connectivity index (χ3v) is 3.09. The zero-order valence-electron chi connectivity index (χ0n) is 9.93. The van der Waals surface area contributed by atoms with E-state index in [4.69, 9.17) is 4.42 Å². The Morgan fingerprint density at radius 3 is 3.22 bits per heavy atom. The lowest BCUT2D eigenvalue weighted by Crippen LogP contribution is -2.25. The van der Waals surface area contributed by atoms with Crippen LogP contribution in [0.25, 0.3) is 0 Å². The van der Waals surface area contributed by atoms with Crippen LogP contribution in [0.3, 0.4) is 0 Å². The fourth-order valence-corrected chi connectivity index (χ4v) is 2.15. The second-order valence-electron chi connectivity index (χ2n) is 4.30. The van der Waals surface area contributed by atoms with Crippen molar-refractivity contribution in [1.29, 1.82) is 0 Å². The van der Waals surface area contributed by atoms with Crippen molar-refractivity contribution in [1.82, 2.24) is 20.1 Å². The van der Waals surface area contributed by atoms with Crippen molar-refractivity contribution < 1.29 is 9.21 Å². The third kappa shape index (κ3) is 2.01. The fraction of sp³-hybridized carbons (Fsp3) is 0.417. The molecule has 0 radical (unpaired) electrons. The fourth-order valence-electron chi connectivity index (χ4n) is 2.15. The Bertz CT molecular complexity index is 544. The minimum Gasteiger partial charge on any atom is -0.459 e. The van der Waals surface area contributed by atoms with E-state index in [1.54, 1.807) is 12.1 Å². The largest absolute Gasteiger partial charge is 0.459 e. The molecule has 0 unspecified atom stereocenters. The summed E-state index contributed by atoms with van der Waals surface area (Å²) >= 11 is 0. The Hall–Kier alpha value is -2.11. The molecular weight excluding hydrogens is 232 g/mol. The van der Waals surface area contributed by atoms with Crippen LogP contribution in [0.1, 0.15) is 35.0 Å². The molecule has 1 N–H and O–H groups in total. The van der Waals surface area contributed by atoms with Crippen LogP contribution in [0.15, 0.2) is 22.8 Å². The molecule has 3 rings (SSSR count). The number of hydrogen-bond acceptors (Lipinski definition) is 4. The minimum atomic E-state index is -0.229. The lowest BCUT2D eigenvalue weighted by molar-refractivity contribution is 0.0921. The van der Waals surface area contributed by atoms with Crippen molar-refractivity contribution in [2.24, 2.45) is 0 Å². The van der Waals surface area contributed by atoms with Gasteiger partial charge >= 0.3 is 0 Å². The number of aromatic nitrogens is 3. The molecule has 0 spiro atoms. The third-order valence-electron chi connectivity index (χ3n) is 3.09. The van der Waals surface area contributed by atoms with E-state index in [0.717, 1.165) is 37.5 Å². The average molecular weight is 246 g/mol. The summed E-state index contributed by atoms with van der Waals surface area (Å²) in [5.41, 5.74) is 0. The van der Waals surface area contributed by atoms with Gasteiger partial charge in [-0.15, -0.1) is 10.2 Å². The molecule has 2 aromatic heterocycles. The number of carbonyl (C=O) groups is 1. The average Bonchev–Trinajstić information content (AvgIpc) is 3.06. The van der Waals surface area contributed by atoms with E-state index in [9.17, 15) is 4.79 Å². The second kappa shape index (κ2) is 4.64. The number of amides is 1. The quantitative estimate of drug-likeness (QED) is 0.881. The minimum absolute atomic E-state index is 0.229. The highest BCUT2D eigenvalue weighted by Crippen LogP contribution is 2.14. The van der Waals surface area contributed by atoms with E-state index in [2.05, 4.69) is 20.1 Å². The van der Waals surface area contributed by atoms with Crippen LogP contribution in [-0.2, 0) is 19.5 Å². The first-order valence-electron chi connectivity index (χ1n) is 6.07. The summed E-state index contributed by atoms with van der Waals surface area (Å²) in [6.07, 6.45) is 4.76. The van der Waals surface area contributed by atoms with Gasteiger partial charge in [-0.1, -0.05) is 0 Å². The van der Waals surface area contributed by atoms with E-state index in [1.807, 2.05) is 0 Å². The Morgan fingerprint density at radius 1 is 1.44 bits per heavy atom. The highest BCUT2D eigenvalue weighted by atomic mass is 16.3. The van der Waals surface area contributed by atoms with Gasteiger partial charge in [-0.05, 0) is 25.0 Å². The molecule has 6 nitrogen and oxygen atoms in total. The van der Waals surface area contributed by atoms with E-state index in [0.29, 0.717) is 12.3 Å². The first-order chi connectivity index (χ1) is 8.84. The molecular formula is C12H14N4O2. The number of nitrogens with one attached hydrogen (secondary N) is 1. The van der Waals surface area contributed by atoms with E-state index >= 15 is 0 Å². The monoisotopic (exact) mass is 246 g/mol. The van der Waals surface area contributed by atoms with Crippen LogP contribution in [0, 0.1) is 0 Å². The van der Waals surface area contributed by atoms with Gasteiger partial charge in [0.1, 0.15) is 5.82 Å². The summed E-state index contributed by atoms with van der Waals surface area (Å²) < 4.78 is 7.11. The molecule has 0 aromatic carbocycles. The molecule has 0 bridgehead atoms. The summed E-state index contributed by atoms with van der Waals surface area (Å²) in [5.74, 6) is 1.91. The van der Waals surface area contributed by atoms with Gasteiger partial charge in [0.05, 0.1) is 12.8 Å². The molecule has 0 fully saturated rings. The SMILES string of the molecule is O=C(NCc1nnc2n1CCCC2)c1ccco1. The maximum absolute atomic E-state index is 11.7. The van der Waals surface area contributed by atoms with Gasteiger partial charge in [0.2, 0.25) is 0 Å². The predicted molar refractivity (Wildman–Crippen MR) is 62.8 cm³/mol. The smallest absolute Gasteiger partial charge is 0.287 e. The first-order valence-corrected chi connectivity index (χ1v) is 6.07. The highest BCUT2D eigenvalue weighted by molar-refractivity contribution is 5.91. The van der Waals surface area contributed by atoms with Crippen LogP contribution < -0.4 is 5.32 Å². The number of aryl methyl sites for hydroxylation is 1. The maximum atomic E-state index is 11.7. The van der Waals surface area contributed by atoms with Gasteiger partial charge in [0.15, 0.2) is 11.6 Å². The number of hydrogen-bond donors (Lipinski definition) is 1. The number of rotatable bonds is 3. The number of carbonyl (C=O) groups excluding carboxylic acids is 1. The van der Waals surface area contributed by atoms with Crippen LogP contribution in [0.2, 0.25) is 0 Å². The van der Waals surface area contributed by atoms with E-state index < -0.39 is 0 Å². The molecule has 6 heteroatoms. The first kappa shape index (κ1) is 11.0. The summed E-state index contributed by atoms with van der Waals surface area (Å²) in [7, 11) is 0. The molecule has 1 amide bonds. The molecule has 0 aliphatic carbocycles. The molecule has 2 aromatic rings. The highest BCUT2D eigenvalue weighted by Gasteiger charge is 2.16. The lowest BCUT2D eigenvalue weighted by Gasteiger charge is -2.14. The van der Waals surface area contributed by atoms with Crippen molar-refractivity contribution >= 4 is 5.91 Å². The second-order valence-corrected chi connectivity index (χ2v) is 4.30. The Kier molecular flexibility index (Phi) is 2.84. The van der Waals surface area contributed by atoms with Crippen molar-refractivity contribution in [2.75, 3.05) is 0 Å². The van der Waals surface area contributed by atoms with Crippen molar-refractivity contribution in [3.8, 4) is 0 Å². The predicted octanol–water partition coefficient (Wildman–Crippen LogP) is 1.14. The Labute approximate surface area is 104 Å². The number of fused-ring (bicyclic) bond motifs is 1. The van der Waals surface area contributed by atoms with Gasteiger partial charge in [-0.2, -0.15) is 0 Å². The molecule has 1 aliphatic heterocycles. The Morgan fingerprint density at radius 2 is 2.39 bits per heavy atom. The van der Waals surface area contributed by atoms with Gasteiger partial charge in [-0.3, -0.25) is 4.79 Å². The normalized spacial score (nSPS) is 14.2. The summed E-state index contributed by atoms with van der Waals surface area (Å²) in [5, 5.41) is 11.0. The van der Waals surface area contributed by atoms with Gasteiger partial charge in [0.25, 0.3) is 5.91 Å². The molecule has 0 saturated carbocycles. The summed E-state index contributed by atoms with van der Waals surface area (Å²) in [4.78, 5) is 11.7. The molecule has 0 saturated heterocycles. The van der Waals surface area contributed by atoms with Gasteiger partial charge < -0.3 is 14.3 Å². The van der Waals surface area contributed by atoms with Crippen LogP contribution in [0.4, 0.5) is 0 Å². The summed E-state index contributed by atoms with van der Waals surface area (Å²) in [6.45, 7) is 1.32. The van der Waals surface area contributed by atoms with Crippen LogP contribution in [-0.4, -0.2) is 20.7 Å². The van der Waals surface area contributed by atoms with Crippen molar-refractivity contribution in [3.63, 3.8) is 0 Å². The van der Waals surface area contributed by atoms with Gasteiger partial charge in [0, 0.05) is 13.0 Å². The van der Waals surface area contributed by atoms with E-state index in [-0.39, 0.29) is 5.91 Å². The summed E-state index contributed by atoms with van der Waals surface area (Å²) in [6, 6.07) is 3.32.